The first-order valence-corrected chi connectivity index (χ1v) is 6.43. The second kappa shape index (κ2) is 8.16. The van der Waals surface area contributed by atoms with E-state index in [1.165, 1.54) is 25.0 Å². The molecule has 1 atom stereocenters. The van der Waals surface area contributed by atoms with Crippen LogP contribution in [0.25, 0.3) is 0 Å². The Morgan fingerprint density at radius 1 is 1.22 bits per heavy atom. The molecule has 102 valence electrons. The standard InChI is InChI=1S/C14H21F2NO/c1-2-3-4-5-8-18-10-14(17)12-7-6-11(15)9-13(12)16/h6-7,9,14H,2-5,8,10,17H2,1H3. The van der Waals surface area contributed by atoms with E-state index in [-0.39, 0.29) is 6.61 Å². The van der Waals surface area contributed by atoms with Crippen LogP contribution in [0.5, 0.6) is 0 Å². The number of unbranched alkanes of at least 4 members (excludes halogenated alkanes) is 3. The van der Waals surface area contributed by atoms with Crippen LogP contribution in [0.2, 0.25) is 0 Å². The van der Waals surface area contributed by atoms with Crippen molar-refractivity contribution in [3.8, 4) is 0 Å². The second-order valence-corrected chi connectivity index (χ2v) is 4.41. The highest BCUT2D eigenvalue weighted by Crippen LogP contribution is 2.16. The van der Waals surface area contributed by atoms with E-state index < -0.39 is 17.7 Å². The smallest absolute Gasteiger partial charge is 0.130 e. The van der Waals surface area contributed by atoms with Gasteiger partial charge in [-0.2, -0.15) is 0 Å². The maximum atomic E-state index is 13.4. The molecule has 0 aliphatic heterocycles. The zero-order valence-electron chi connectivity index (χ0n) is 10.8. The molecule has 0 radical (unpaired) electrons. The largest absolute Gasteiger partial charge is 0.379 e. The van der Waals surface area contributed by atoms with Gasteiger partial charge in [-0.25, -0.2) is 8.78 Å². The lowest BCUT2D eigenvalue weighted by atomic mass is 10.1. The molecular weight excluding hydrogens is 236 g/mol. The molecule has 2 N–H and O–H groups in total. The Morgan fingerprint density at radius 2 is 2.00 bits per heavy atom. The lowest BCUT2D eigenvalue weighted by Crippen LogP contribution is -2.19. The number of hydrogen-bond donors (Lipinski definition) is 1. The third-order valence-electron chi connectivity index (χ3n) is 2.80. The molecule has 0 aliphatic rings. The van der Waals surface area contributed by atoms with Gasteiger partial charge in [0, 0.05) is 18.2 Å². The maximum Gasteiger partial charge on any atom is 0.130 e. The van der Waals surface area contributed by atoms with Crippen molar-refractivity contribution < 1.29 is 13.5 Å². The molecule has 18 heavy (non-hydrogen) atoms. The van der Waals surface area contributed by atoms with Gasteiger partial charge in [-0.3, -0.25) is 0 Å². The van der Waals surface area contributed by atoms with Crippen molar-refractivity contribution in [2.45, 2.75) is 38.6 Å². The summed E-state index contributed by atoms with van der Waals surface area (Å²) in [5.41, 5.74) is 6.10. The maximum absolute atomic E-state index is 13.4. The molecule has 0 spiro atoms. The van der Waals surface area contributed by atoms with Gasteiger partial charge in [0.15, 0.2) is 0 Å². The number of ether oxygens (including phenoxy) is 1. The first kappa shape index (κ1) is 15.1. The summed E-state index contributed by atoms with van der Waals surface area (Å²) in [6.07, 6.45) is 4.51. The quantitative estimate of drug-likeness (QED) is 0.723. The van der Waals surface area contributed by atoms with Crippen molar-refractivity contribution in [2.24, 2.45) is 5.73 Å². The van der Waals surface area contributed by atoms with Crippen LogP contribution in [-0.2, 0) is 4.74 Å². The summed E-state index contributed by atoms with van der Waals surface area (Å²) >= 11 is 0. The fourth-order valence-electron chi connectivity index (χ4n) is 1.73. The van der Waals surface area contributed by atoms with Crippen LogP contribution in [0.4, 0.5) is 8.78 Å². The van der Waals surface area contributed by atoms with Crippen molar-refractivity contribution in [1.82, 2.24) is 0 Å². The molecular formula is C14H21F2NO. The Morgan fingerprint density at radius 3 is 2.67 bits per heavy atom. The van der Waals surface area contributed by atoms with Gasteiger partial charge in [0.2, 0.25) is 0 Å². The van der Waals surface area contributed by atoms with Crippen LogP contribution in [-0.4, -0.2) is 13.2 Å². The fraction of sp³-hybridized carbons (Fsp3) is 0.571. The van der Waals surface area contributed by atoms with Gasteiger partial charge >= 0.3 is 0 Å². The van der Waals surface area contributed by atoms with Crippen molar-refractivity contribution in [1.29, 1.82) is 0 Å². The van der Waals surface area contributed by atoms with E-state index in [4.69, 9.17) is 10.5 Å². The fourth-order valence-corrected chi connectivity index (χ4v) is 1.73. The van der Waals surface area contributed by atoms with E-state index >= 15 is 0 Å². The van der Waals surface area contributed by atoms with E-state index in [1.54, 1.807) is 0 Å². The Hall–Kier alpha value is -1.00. The minimum Gasteiger partial charge on any atom is -0.379 e. The first-order chi connectivity index (χ1) is 8.65. The van der Waals surface area contributed by atoms with Crippen molar-refractivity contribution in [3.63, 3.8) is 0 Å². The van der Waals surface area contributed by atoms with Crippen LogP contribution < -0.4 is 5.73 Å². The molecule has 0 aromatic heterocycles. The highest BCUT2D eigenvalue weighted by Gasteiger charge is 2.12. The molecule has 0 saturated carbocycles. The van der Waals surface area contributed by atoms with Gasteiger partial charge in [0.05, 0.1) is 12.6 Å². The molecule has 1 aromatic carbocycles. The summed E-state index contributed by atoms with van der Waals surface area (Å²) in [6, 6.07) is 2.88. The van der Waals surface area contributed by atoms with Crippen molar-refractivity contribution >= 4 is 0 Å². The molecule has 4 heteroatoms. The second-order valence-electron chi connectivity index (χ2n) is 4.41. The van der Waals surface area contributed by atoms with Crippen LogP contribution >= 0.6 is 0 Å². The van der Waals surface area contributed by atoms with E-state index in [0.29, 0.717) is 12.2 Å². The van der Waals surface area contributed by atoms with Gasteiger partial charge in [0.1, 0.15) is 11.6 Å². The van der Waals surface area contributed by atoms with Gasteiger partial charge in [-0.1, -0.05) is 32.3 Å². The van der Waals surface area contributed by atoms with E-state index in [9.17, 15) is 8.78 Å². The van der Waals surface area contributed by atoms with Crippen LogP contribution in [0, 0.1) is 11.6 Å². The van der Waals surface area contributed by atoms with E-state index in [0.717, 1.165) is 18.9 Å². The predicted molar refractivity (Wildman–Crippen MR) is 68.2 cm³/mol. The monoisotopic (exact) mass is 257 g/mol. The molecule has 2 nitrogen and oxygen atoms in total. The zero-order valence-corrected chi connectivity index (χ0v) is 10.8. The molecule has 0 amide bonds. The summed E-state index contributed by atoms with van der Waals surface area (Å²) in [5.74, 6) is -1.21. The van der Waals surface area contributed by atoms with Gasteiger partial charge < -0.3 is 10.5 Å². The van der Waals surface area contributed by atoms with Gasteiger partial charge in [0.25, 0.3) is 0 Å². The summed E-state index contributed by atoms with van der Waals surface area (Å²) in [6.45, 7) is 3.04. The average Bonchev–Trinajstić information content (AvgIpc) is 2.33. The van der Waals surface area contributed by atoms with Gasteiger partial charge in [-0.05, 0) is 12.5 Å². The minimum absolute atomic E-state index is 0.259. The SMILES string of the molecule is CCCCCCOCC(N)c1ccc(F)cc1F. The molecule has 0 bridgehead atoms. The third kappa shape index (κ3) is 5.10. The molecule has 0 aliphatic carbocycles. The molecule has 1 unspecified atom stereocenters. The van der Waals surface area contributed by atoms with Crippen LogP contribution in [0.15, 0.2) is 18.2 Å². The topological polar surface area (TPSA) is 35.2 Å². The summed E-state index contributed by atoms with van der Waals surface area (Å²) in [5, 5.41) is 0. The minimum atomic E-state index is -0.614. The number of halogens is 2. The predicted octanol–water partition coefficient (Wildman–Crippen LogP) is 3.56. The lowest BCUT2D eigenvalue weighted by molar-refractivity contribution is 0.116. The molecule has 0 saturated heterocycles. The molecule has 1 rings (SSSR count). The Balaban J connectivity index is 2.29. The number of benzene rings is 1. The molecule has 0 heterocycles. The Labute approximate surface area is 107 Å². The summed E-state index contributed by atoms with van der Waals surface area (Å²) < 4.78 is 31.5. The Kier molecular flexibility index (Phi) is 6.83. The van der Waals surface area contributed by atoms with Gasteiger partial charge in [-0.15, -0.1) is 0 Å². The summed E-state index contributed by atoms with van der Waals surface area (Å²) in [7, 11) is 0. The third-order valence-corrected chi connectivity index (χ3v) is 2.80. The number of hydrogen-bond acceptors (Lipinski definition) is 2. The van der Waals surface area contributed by atoms with Crippen molar-refractivity contribution in [2.75, 3.05) is 13.2 Å². The number of nitrogens with two attached hydrogens (primary N) is 1. The normalized spacial score (nSPS) is 12.7. The number of rotatable bonds is 8. The average molecular weight is 257 g/mol. The zero-order chi connectivity index (χ0) is 13.4. The van der Waals surface area contributed by atoms with E-state index in [2.05, 4.69) is 6.92 Å². The van der Waals surface area contributed by atoms with Crippen LogP contribution in [0.3, 0.4) is 0 Å². The molecule has 1 aromatic rings. The molecule has 0 fully saturated rings. The lowest BCUT2D eigenvalue weighted by Gasteiger charge is -2.13. The summed E-state index contributed by atoms with van der Waals surface area (Å²) in [4.78, 5) is 0. The Bertz CT molecular complexity index is 358. The highest BCUT2D eigenvalue weighted by atomic mass is 19.1. The highest BCUT2D eigenvalue weighted by molar-refractivity contribution is 5.21. The first-order valence-electron chi connectivity index (χ1n) is 6.43. The van der Waals surface area contributed by atoms with E-state index in [1.807, 2.05) is 0 Å². The van der Waals surface area contributed by atoms with Crippen LogP contribution in [0.1, 0.15) is 44.2 Å². The van der Waals surface area contributed by atoms with Crippen molar-refractivity contribution in [3.05, 3.63) is 35.4 Å².